The number of hydrogen-bond donors (Lipinski definition) is 3. The first-order chi connectivity index (χ1) is 7.63. The van der Waals surface area contributed by atoms with Crippen LogP contribution in [0, 0.1) is 5.92 Å². The maximum atomic E-state index is 11.5. The van der Waals surface area contributed by atoms with Crippen molar-refractivity contribution in [1.82, 2.24) is 16.0 Å². The van der Waals surface area contributed by atoms with Crippen LogP contribution in [0.4, 0.5) is 4.79 Å². The summed E-state index contributed by atoms with van der Waals surface area (Å²) in [6, 6.07) is -0.780. The Labute approximate surface area is 96.4 Å². The molecular formula is C11H21N3O2. The van der Waals surface area contributed by atoms with Crippen molar-refractivity contribution in [2.75, 3.05) is 13.6 Å². The summed E-state index contributed by atoms with van der Waals surface area (Å²) in [5, 5.41) is 7.76. The van der Waals surface area contributed by atoms with Crippen LogP contribution in [0.5, 0.6) is 0 Å². The van der Waals surface area contributed by atoms with Gasteiger partial charge >= 0.3 is 6.03 Å². The van der Waals surface area contributed by atoms with Gasteiger partial charge in [0.1, 0.15) is 0 Å². The quantitative estimate of drug-likeness (QED) is 0.659. The van der Waals surface area contributed by atoms with Gasteiger partial charge in [0.2, 0.25) is 5.91 Å². The third-order valence-electron chi connectivity index (χ3n) is 3.04. The standard InChI is InChI=1S/C11H21N3O2/c1-8(10(15)14-11(16)12-2)13-7-9-5-3-4-6-9/h8-9,13H,3-7H2,1-2H3,(H2,12,14,15,16). The van der Waals surface area contributed by atoms with Gasteiger partial charge in [-0.3, -0.25) is 10.1 Å². The van der Waals surface area contributed by atoms with Crippen molar-refractivity contribution >= 4 is 11.9 Å². The lowest BCUT2D eigenvalue weighted by Crippen LogP contribution is -2.48. The summed E-state index contributed by atoms with van der Waals surface area (Å²) in [6.45, 7) is 2.63. The minimum atomic E-state index is -0.459. The Morgan fingerprint density at radius 2 is 1.94 bits per heavy atom. The van der Waals surface area contributed by atoms with Crippen molar-refractivity contribution in [3.63, 3.8) is 0 Å². The molecule has 1 aliphatic carbocycles. The van der Waals surface area contributed by atoms with E-state index in [4.69, 9.17) is 0 Å². The second-order valence-electron chi connectivity index (χ2n) is 4.35. The highest BCUT2D eigenvalue weighted by Gasteiger charge is 2.18. The van der Waals surface area contributed by atoms with Gasteiger partial charge in [0.05, 0.1) is 6.04 Å². The number of urea groups is 1. The fourth-order valence-electron chi connectivity index (χ4n) is 1.93. The molecule has 0 heterocycles. The molecule has 16 heavy (non-hydrogen) atoms. The summed E-state index contributed by atoms with van der Waals surface area (Å²) in [6.07, 6.45) is 5.09. The number of rotatable bonds is 4. The summed E-state index contributed by atoms with van der Waals surface area (Å²) in [5.41, 5.74) is 0. The average molecular weight is 227 g/mol. The Kier molecular flexibility index (Phi) is 5.25. The van der Waals surface area contributed by atoms with E-state index in [1.165, 1.54) is 32.7 Å². The first kappa shape index (κ1) is 13.0. The summed E-state index contributed by atoms with van der Waals surface area (Å²) in [4.78, 5) is 22.4. The molecule has 0 bridgehead atoms. The zero-order valence-corrected chi connectivity index (χ0v) is 10.0. The molecule has 5 heteroatoms. The minimum absolute atomic E-state index is 0.280. The highest BCUT2D eigenvalue weighted by molar-refractivity contribution is 5.96. The van der Waals surface area contributed by atoms with E-state index < -0.39 is 6.03 Å². The SMILES string of the molecule is CNC(=O)NC(=O)C(C)NCC1CCCC1. The maximum absolute atomic E-state index is 11.5. The first-order valence-corrected chi connectivity index (χ1v) is 5.89. The van der Waals surface area contributed by atoms with Crippen molar-refractivity contribution < 1.29 is 9.59 Å². The van der Waals surface area contributed by atoms with Crippen LogP contribution in [0.3, 0.4) is 0 Å². The van der Waals surface area contributed by atoms with Crippen molar-refractivity contribution in [2.24, 2.45) is 5.92 Å². The zero-order valence-electron chi connectivity index (χ0n) is 10.0. The number of nitrogens with one attached hydrogen (secondary N) is 3. The molecule has 1 fully saturated rings. The third-order valence-corrected chi connectivity index (χ3v) is 3.04. The van der Waals surface area contributed by atoms with Gasteiger partial charge in [-0.15, -0.1) is 0 Å². The normalized spacial score (nSPS) is 18.1. The lowest BCUT2D eigenvalue weighted by Gasteiger charge is -2.16. The van der Waals surface area contributed by atoms with Crippen LogP contribution in [-0.2, 0) is 4.79 Å². The number of amides is 3. The van der Waals surface area contributed by atoms with Crippen LogP contribution in [0.1, 0.15) is 32.6 Å². The fourth-order valence-corrected chi connectivity index (χ4v) is 1.93. The highest BCUT2D eigenvalue weighted by atomic mass is 16.2. The smallest absolute Gasteiger partial charge is 0.321 e. The molecule has 0 saturated heterocycles. The lowest BCUT2D eigenvalue weighted by atomic mass is 10.1. The molecule has 92 valence electrons. The van der Waals surface area contributed by atoms with Gasteiger partial charge in [-0.05, 0) is 32.2 Å². The van der Waals surface area contributed by atoms with Crippen LogP contribution in [0.2, 0.25) is 0 Å². The highest BCUT2D eigenvalue weighted by Crippen LogP contribution is 2.23. The third kappa shape index (κ3) is 4.18. The molecule has 1 rings (SSSR count). The van der Waals surface area contributed by atoms with E-state index in [0.29, 0.717) is 5.92 Å². The van der Waals surface area contributed by atoms with E-state index >= 15 is 0 Å². The Morgan fingerprint density at radius 3 is 2.50 bits per heavy atom. The van der Waals surface area contributed by atoms with Gasteiger partial charge < -0.3 is 10.6 Å². The van der Waals surface area contributed by atoms with Crippen LogP contribution in [0.25, 0.3) is 0 Å². The van der Waals surface area contributed by atoms with E-state index in [-0.39, 0.29) is 11.9 Å². The zero-order chi connectivity index (χ0) is 12.0. The van der Waals surface area contributed by atoms with Crippen LogP contribution >= 0.6 is 0 Å². The molecule has 0 radical (unpaired) electrons. The number of hydrogen-bond acceptors (Lipinski definition) is 3. The van der Waals surface area contributed by atoms with Gasteiger partial charge in [0.25, 0.3) is 0 Å². The average Bonchev–Trinajstić information content (AvgIpc) is 2.78. The van der Waals surface area contributed by atoms with Crippen LogP contribution in [-0.4, -0.2) is 31.6 Å². The van der Waals surface area contributed by atoms with E-state index in [1.54, 1.807) is 6.92 Å². The molecule has 0 aromatic carbocycles. The number of carbonyl (C=O) groups excluding carboxylic acids is 2. The van der Waals surface area contributed by atoms with Gasteiger partial charge in [-0.1, -0.05) is 12.8 Å². The molecule has 1 unspecified atom stereocenters. The summed E-state index contributed by atoms with van der Waals surface area (Å²) in [7, 11) is 1.49. The lowest BCUT2D eigenvalue weighted by molar-refractivity contribution is -0.121. The van der Waals surface area contributed by atoms with Crippen molar-refractivity contribution in [2.45, 2.75) is 38.6 Å². The van der Waals surface area contributed by atoms with E-state index in [0.717, 1.165) is 6.54 Å². The van der Waals surface area contributed by atoms with Crippen molar-refractivity contribution in [3.8, 4) is 0 Å². The molecule has 5 nitrogen and oxygen atoms in total. The van der Waals surface area contributed by atoms with Gasteiger partial charge in [0.15, 0.2) is 0 Å². The molecule has 0 aliphatic heterocycles. The monoisotopic (exact) mass is 227 g/mol. The number of imide groups is 1. The Hall–Kier alpha value is -1.10. The summed E-state index contributed by atoms with van der Waals surface area (Å²) < 4.78 is 0. The Balaban J connectivity index is 2.20. The molecule has 0 aromatic rings. The fraction of sp³-hybridized carbons (Fsp3) is 0.818. The summed E-state index contributed by atoms with van der Waals surface area (Å²) in [5.74, 6) is 0.410. The second-order valence-corrected chi connectivity index (χ2v) is 4.35. The van der Waals surface area contributed by atoms with Crippen LogP contribution in [0.15, 0.2) is 0 Å². The van der Waals surface area contributed by atoms with Gasteiger partial charge in [-0.2, -0.15) is 0 Å². The van der Waals surface area contributed by atoms with E-state index in [9.17, 15) is 9.59 Å². The first-order valence-electron chi connectivity index (χ1n) is 5.89. The molecule has 0 spiro atoms. The molecule has 1 aliphatic rings. The molecule has 3 amide bonds. The Bertz CT molecular complexity index is 250. The minimum Gasteiger partial charge on any atom is -0.341 e. The summed E-state index contributed by atoms with van der Waals surface area (Å²) >= 11 is 0. The number of carbonyl (C=O) groups is 2. The molecule has 0 aromatic heterocycles. The van der Waals surface area contributed by atoms with E-state index in [1.807, 2.05) is 0 Å². The molecular weight excluding hydrogens is 206 g/mol. The molecule has 3 N–H and O–H groups in total. The topological polar surface area (TPSA) is 70.2 Å². The second kappa shape index (κ2) is 6.48. The molecule has 1 atom stereocenters. The van der Waals surface area contributed by atoms with Crippen LogP contribution < -0.4 is 16.0 Å². The van der Waals surface area contributed by atoms with Gasteiger partial charge in [0, 0.05) is 7.05 Å². The predicted molar refractivity (Wildman–Crippen MR) is 62.0 cm³/mol. The maximum Gasteiger partial charge on any atom is 0.321 e. The van der Waals surface area contributed by atoms with Crippen molar-refractivity contribution in [3.05, 3.63) is 0 Å². The van der Waals surface area contributed by atoms with E-state index in [2.05, 4.69) is 16.0 Å². The van der Waals surface area contributed by atoms with Gasteiger partial charge in [-0.25, -0.2) is 4.79 Å². The largest absolute Gasteiger partial charge is 0.341 e. The van der Waals surface area contributed by atoms with Crippen molar-refractivity contribution in [1.29, 1.82) is 0 Å². The Morgan fingerprint density at radius 1 is 1.31 bits per heavy atom. The molecule has 1 saturated carbocycles. The predicted octanol–water partition coefficient (Wildman–Crippen LogP) is 0.610.